The van der Waals surface area contributed by atoms with E-state index >= 15 is 0 Å². The molecule has 106 valence electrons. The standard InChI is InChI=1S/C12H16BrNO4S/c1-12(2,19(3,17)18)7-14-8-4-5-9(11(15)16)10(13)6-8/h4-6,14H,7H2,1-3H3,(H,15,16). The Kier molecular flexibility index (Phi) is 4.63. The van der Waals surface area contributed by atoms with Crippen LogP contribution in [0.4, 0.5) is 5.69 Å². The number of hydrogen-bond acceptors (Lipinski definition) is 4. The summed E-state index contributed by atoms with van der Waals surface area (Å²) < 4.78 is 22.7. The third-order valence-electron chi connectivity index (χ3n) is 2.92. The number of nitrogens with one attached hydrogen (secondary N) is 1. The lowest BCUT2D eigenvalue weighted by molar-refractivity contribution is 0.0696. The Labute approximate surface area is 121 Å². The molecule has 0 spiro atoms. The van der Waals surface area contributed by atoms with Gasteiger partial charge in [-0.15, -0.1) is 0 Å². The monoisotopic (exact) mass is 349 g/mol. The van der Waals surface area contributed by atoms with Crippen LogP contribution in [0.2, 0.25) is 0 Å². The molecular formula is C12H16BrNO4S. The van der Waals surface area contributed by atoms with E-state index in [1.165, 1.54) is 12.3 Å². The van der Waals surface area contributed by atoms with Crippen molar-refractivity contribution in [3.8, 4) is 0 Å². The SMILES string of the molecule is CC(C)(CNc1ccc(C(=O)O)c(Br)c1)S(C)(=O)=O. The van der Waals surface area contributed by atoms with E-state index in [0.717, 1.165) is 0 Å². The van der Waals surface area contributed by atoms with Gasteiger partial charge < -0.3 is 10.4 Å². The van der Waals surface area contributed by atoms with E-state index in [0.29, 0.717) is 10.2 Å². The molecule has 1 aromatic rings. The van der Waals surface area contributed by atoms with Crippen LogP contribution in [-0.2, 0) is 9.84 Å². The van der Waals surface area contributed by atoms with Crippen molar-refractivity contribution < 1.29 is 18.3 Å². The first-order valence-corrected chi connectivity index (χ1v) is 8.19. The third-order valence-corrected chi connectivity index (χ3v) is 5.73. The van der Waals surface area contributed by atoms with Gasteiger partial charge in [0.2, 0.25) is 0 Å². The molecule has 2 N–H and O–H groups in total. The number of aromatic carboxylic acids is 1. The zero-order valence-electron chi connectivity index (χ0n) is 10.9. The van der Waals surface area contributed by atoms with E-state index < -0.39 is 20.6 Å². The summed E-state index contributed by atoms with van der Waals surface area (Å²) >= 11 is 3.17. The van der Waals surface area contributed by atoms with Crippen LogP contribution in [0.15, 0.2) is 22.7 Å². The van der Waals surface area contributed by atoms with E-state index in [2.05, 4.69) is 21.2 Å². The topological polar surface area (TPSA) is 83.5 Å². The summed E-state index contributed by atoms with van der Waals surface area (Å²) in [6.45, 7) is 3.51. The Morgan fingerprint density at radius 2 is 2.00 bits per heavy atom. The Balaban J connectivity index is 2.86. The van der Waals surface area contributed by atoms with Gasteiger partial charge in [0.05, 0.1) is 10.3 Å². The summed E-state index contributed by atoms with van der Waals surface area (Å²) in [5.74, 6) is -1.02. The van der Waals surface area contributed by atoms with Crippen LogP contribution in [0.5, 0.6) is 0 Å². The summed E-state index contributed by atoms with van der Waals surface area (Å²) in [5, 5.41) is 11.9. The second kappa shape index (κ2) is 5.50. The number of sulfone groups is 1. The molecule has 0 aromatic heterocycles. The summed E-state index contributed by atoms with van der Waals surface area (Å²) in [6.07, 6.45) is 1.19. The zero-order valence-corrected chi connectivity index (χ0v) is 13.3. The molecule has 1 rings (SSSR count). The Morgan fingerprint density at radius 1 is 1.42 bits per heavy atom. The lowest BCUT2D eigenvalue weighted by atomic mass is 10.2. The van der Waals surface area contributed by atoms with E-state index in [1.54, 1.807) is 26.0 Å². The van der Waals surface area contributed by atoms with Gasteiger partial charge in [-0.25, -0.2) is 13.2 Å². The molecule has 7 heteroatoms. The molecule has 0 fully saturated rings. The van der Waals surface area contributed by atoms with Crippen molar-refractivity contribution >= 4 is 37.4 Å². The second-order valence-corrected chi connectivity index (χ2v) is 8.39. The first-order valence-electron chi connectivity index (χ1n) is 5.51. The van der Waals surface area contributed by atoms with Crippen molar-refractivity contribution in [2.75, 3.05) is 18.1 Å². The lowest BCUT2D eigenvalue weighted by Gasteiger charge is -2.23. The molecule has 0 bridgehead atoms. The quantitative estimate of drug-likeness (QED) is 0.852. The maximum Gasteiger partial charge on any atom is 0.336 e. The fourth-order valence-corrected chi connectivity index (χ4v) is 2.13. The highest BCUT2D eigenvalue weighted by Crippen LogP contribution is 2.23. The lowest BCUT2D eigenvalue weighted by Crippen LogP contribution is -2.38. The van der Waals surface area contributed by atoms with Gasteiger partial charge in [0.15, 0.2) is 9.84 Å². The van der Waals surface area contributed by atoms with Crippen molar-refractivity contribution in [3.63, 3.8) is 0 Å². The minimum atomic E-state index is -3.17. The molecule has 0 aliphatic heterocycles. The van der Waals surface area contributed by atoms with Crippen molar-refractivity contribution in [3.05, 3.63) is 28.2 Å². The number of carboxylic acid groups (broad SMARTS) is 1. The molecule has 0 radical (unpaired) electrons. The fraction of sp³-hybridized carbons (Fsp3) is 0.417. The first kappa shape index (κ1) is 16.0. The van der Waals surface area contributed by atoms with E-state index in [4.69, 9.17) is 5.11 Å². The van der Waals surface area contributed by atoms with Crippen molar-refractivity contribution in [1.29, 1.82) is 0 Å². The molecule has 1 aromatic carbocycles. The average Bonchev–Trinajstić information content (AvgIpc) is 2.24. The number of halogens is 1. The molecule has 5 nitrogen and oxygen atoms in total. The minimum Gasteiger partial charge on any atom is -0.478 e. The Bertz CT molecular complexity index is 596. The van der Waals surface area contributed by atoms with E-state index in [9.17, 15) is 13.2 Å². The smallest absolute Gasteiger partial charge is 0.336 e. The van der Waals surface area contributed by atoms with Gasteiger partial charge in [-0.3, -0.25) is 0 Å². The van der Waals surface area contributed by atoms with Gasteiger partial charge in [-0.1, -0.05) is 0 Å². The molecule has 0 saturated heterocycles. The van der Waals surface area contributed by atoms with Gasteiger partial charge in [0.1, 0.15) is 0 Å². The van der Waals surface area contributed by atoms with Crippen LogP contribution in [0.25, 0.3) is 0 Å². The maximum absolute atomic E-state index is 11.6. The third kappa shape index (κ3) is 3.94. The molecule has 0 amide bonds. The number of hydrogen-bond donors (Lipinski definition) is 2. The van der Waals surface area contributed by atoms with Crippen molar-refractivity contribution in [2.45, 2.75) is 18.6 Å². The van der Waals surface area contributed by atoms with Crippen molar-refractivity contribution in [1.82, 2.24) is 0 Å². The van der Waals surface area contributed by atoms with Crippen LogP contribution in [0.1, 0.15) is 24.2 Å². The molecule has 0 aliphatic carbocycles. The highest BCUT2D eigenvalue weighted by molar-refractivity contribution is 9.10. The number of carboxylic acids is 1. The summed E-state index contributed by atoms with van der Waals surface area (Å²) in [5.41, 5.74) is 0.821. The highest BCUT2D eigenvalue weighted by Gasteiger charge is 2.29. The van der Waals surface area contributed by atoms with Gasteiger partial charge in [-0.05, 0) is 48.0 Å². The van der Waals surface area contributed by atoms with Gasteiger partial charge in [0.25, 0.3) is 0 Å². The fourth-order valence-electron chi connectivity index (χ4n) is 1.24. The Morgan fingerprint density at radius 3 is 2.42 bits per heavy atom. The first-order chi connectivity index (χ1) is 8.54. The molecule has 19 heavy (non-hydrogen) atoms. The Hall–Kier alpha value is -1.08. The van der Waals surface area contributed by atoms with E-state index in [1.807, 2.05) is 0 Å². The largest absolute Gasteiger partial charge is 0.478 e. The highest BCUT2D eigenvalue weighted by atomic mass is 79.9. The summed E-state index contributed by atoms with van der Waals surface area (Å²) in [7, 11) is -3.17. The predicted octanol–water partition coefficient (Wildman–Crippen LogP) is 2.38. The summed E-state index contributed by atoms with van der Waals surface area (Å²) in [4.78, 5) is 10.9. The van der Waals surface area contributed by atoms with Crippen LogP contribution in [0.3, 0.4) is 0 Å². The van der Waals surface area contributed by atoms with Gasteiger partial charge in [-0.2, -0.15) is 0 Å². The van der Waals surface area contributed by atoms with Gasteiger partial charge in [0, 0.05) is 23.0 Å². The predicted molar refractivity (Wildman–Crippen MR) is 78.5 cm³/mol. The van der Waals surface area contributed by atoms with Crippen LogP contribution >= 0.6 is 15.9 Å². The number of rotatable bonds is 5. The zero-order chi connectivity index (χ0) is 14.8. The van der Waals surface area contributed by atoms with Crippen LogP contribution in [-0.4, -0.2) is 37.0 Å². The molecule has 0 heterocycles. The summed E-state index contributed by atoms with van der Waals surface area (Å²) in [6, 6.07) is 4.68. The second-order valence-electron chi connectivity index (χ2n) is 4.89. The number of anilines is 1. The van der Waals surface area contributed by atoms with Crippen LogP contribution < -0.4 is 5.32 Å². The van der Waals surface area contributed by atoms with Gasteiger partial charge >= 0.3 is 5.97 Å². The molecule has 0 aliphatic rings. The molecule has 0 saturated carbocycles. The minimum absolute atomic E-state index is 0.160. The van der Waals surface area contributed by atoms with E-state index in [-0.39, 0.29) is 12.1 Å². The number of benzene rings is 1. The molecule has 0 atom stereocenters. The normalized spacial score (nSPS) is 12.2. The maximum atomic E-state index is 11.6. The molecule has 0 unspecified atom stereocenters. The average molecular weight is 350 g/mol. The molecular weight excluding hydrogens is 334 g/mol. The number of carbonyl (C=O) groups is 1. The van der Waals surface area contributed by atoms with Crippen molar-refractivity contribution in [2.24, 2.45) is 0 Å². The van der Waals surface area contributed by atoms with Crippen LogP contribution in [0, 0.1) is 0 Å².